The van der Waals surface area contributed by atoms with Gasteiger partial charge in [0.05, 0.1) is 0 Å². The smallest absolute Gasteiger partial charge is 0.0442 e. The largest absolute Gasteiger partial charge is 0.371 e. The van der Waals surface area contributed by atoms with Gasteiger partial charge in [0, 0.05) is 24.3 Å². The van der Waals surface area contributed by atoms with Gasteiger partial charge >= 0.3 is 0 Å². The summed E-state index contributed by atoms with van der Waals surface area (Å²) in [4.78, 5) is 2.49. The second-order valence-electron chi connectivity index (χ2n) is 5.88. The SMILES string of the molecule is C=C(CC)c1cc(C)ccc1N(C)C1CCCCC1. The first kappa shape index (κ1) is 14.2. The third-order valence-electron chi connectivity index (χ3n) is 4.46. The molecule has 1 aliphatic rings. The van der Waals surface area contributed by atoms with Gasteiger partial charge in [-0.2, -0.15) is 0 Å². The molecule has 0 bridgehead atoms. The number of hydrogen-bond acceptors (Lipinski definition) is 1. The zero-order valence-electron chi connectivity index (χ0n) is 12.7. The Morgan fingerprint density at radius 3 is 2.58 bits per heavy atom. The third kappa shape index (κ3) is 3.20. The van der Waals surface area contributed by atoms with E-state index in [4.69, 9.17) is 0 Å². The molecule has 0 unspecified atom stereocenters. The maximum Gasteiger partial charge on any atom is 0.0442 e. The molecule has 0 radical (unpaired) electrons. The molecule has 104 valence electrons. The summed E-state index contributed by atoms with van der Waals surface area (Å²) >= 11 is 0. The molecule has 0 atom stereocenters. The molecule has 0 amide bonds. The van der Waals surface area contributed by atoms with Crippen LogP contribution in [0.3, 0.4) is 0 Å². The Morgan fingerprint density at radius 2 is 1.95 bits per heavy atom. The van der Waals surface area contributed by atoms with E-state index in [1.165, 1.54) is 54.5 Å². The second-order valence-corrected chi connectivity index (χ2v) is 5.88. The molecule has 0 aromatic heterocycles. The van der Waals surface area contributed by atoms with Crippen LogP contribution in [-0.2, 0) is 0 Å². The molecule has 0 saturated heterocycles. The average Bonchev–Trinajstić information content (AvgIpc) is 2.46. The van der Waals surface area contributed by atoms with E-state index in [0.29, 0.717) is 6.04 Å². The van der Waals surface area contributed by atoms with E-state index in [0.717, 1.165) is 6.42 Å². The van der Waals surface area contributed by atoms with Gasteiger partial charge in [-0.05, 0) is 43.9 Å². The summed E-state index contributed by atoms with van der Waals surface area (Å²) in [5.41, 5.74) is 5.28. The van der Waals surface area contributed by atoms with E-state index in [9.17, 15) is 0 Å². The summed E-state index contributed by atoms with van der Waals surface area (Å²) in [6.45, 7) is 8.60. The van der Waals surface area contributed by atoms with Gasteiger partial charge < -0.3 is 4.90 Å². The molecule has 0 N–H and O–H groups in total. The van der Waals surface area contributed by atoms with Crippen LogP contribution in [0.25, 0.3) is 5.57 Å². The van der Waals surface area contributed by atoms with Crippen molar-refractivity contribution in [2.75, 3.05) is 11.9 Å². The lowest BCUT2D eigenvalue weighted by Crippen LogP contribution is -2.33. The molecule has 1 aliphatic carbocycles. The van der Waals surface area contributed by atoms with Crippen molar-refractivity contribution in [2.24, 2.45) is 0 Å². The predicted octanol–water partition coefficient (Wildman–Crippen LogP) is 5.19. The summed E-state index contributed by atoms with van der Waals surface area (Å²) in [5, 5.41) is 0. The molecule has 1 aromatic rings. The Labute approximate surface area is 118 Å². The molecule has 1 heteroatoms. The van der Waals surface area contributed by atoms with E-state index >= 15 is 0 Å². The zero-order valence-corrected chi connectivity index (χ0v) is 12.7. The van der Waals surface area contributed by atoms with Crippen LogP contribution >= 0.6 is 0 Å². The van der Waals surface area contributed by atoms with E-state index < -0.39 is 0 Å². The van der Waals surface area contributed by atoms with E-state index in [2.05, 4.69) is 50.6 Å². The van der Waals surface area contributed by atoms with Crippen molar-refractivity contribution >= 4 is 11.3 Å². The van der Waals surface area contributed by atoms with Crippen molar-refractivity contribution in [2.45, 2.75) is 58.4 Å². The maximum atomic E-state index is 4.25. The van der Waals surface area contributed by atoms with Crippen molar-refractivity contribution in [1.82, 2.24) is 0 Å². The summed E-state index contributed by atoms with van der Waals surface area (Å²) in [7, 11) is 2.26. The molecular weight excluding hydrogens is 230 g/mol. The van der Waals surface area contributed by atoms with Crippen LogP contribution in [0.2, 0.25) is 0 Å². The fourth-order valence-corrected chi connectivity index (χ4v) is 3.10. The number of hydrogen-bond donors (Lipinski definition) is 0. The van der Waals surface area contributed by atoms with Crippen LogP contribution in [0.15, 0.2) is 24.8 Å². The molecule has 1 saturated carbocycles. The summed E-state index contributed by atoms with van der Waals surface area (Å²) in [5.74, 6) is 0. The molecule has 1 fully saturated rings. The van der Waals surface area contributed by atoms with E-state index in [1.54, 1.807) is 0 Å². The number of benzene rings is 1. The van der Waals surface area contributed by atoms with Gasteiger partial charge in [0.25, 0.3) is 0 Å². The number of rotatable bonds is 4. The Balaban J connectivity index is 2.29. The molecule has 0 spiro atoms. The van der Waals surface area contributed by atoms with Crippen molar-refractivity contribution in [3.8, 4) is 0 Å². The Morgan fingerprint density at radius 1 is 1.26 bits per heavy atom. The summed E-state index contributed by atoms with van der Waals surface area (Å²) < 4.78 is 0. The molecular formula is C18H27N. The number of aryl methyl sites for hydroxylation is 1. The van der Waals surface area contributed by atoms with E-state index in [-0.39, 0.29) is 0 Å². The first-order chi connectivity index (χ1) is 9.13. The molecule has 1 nitrogen and oxygen atoms in total. The van der Waals surface area contributed by atoms with Crippen LogP contribution in [0.1, 0.15) is 56.6 Å². The fraction of sp³-hybridized carbons (Fsp3) is 0.556. The van der Waals surface area contributed by atoms with Crippen LogP contribution < -0.4 is 4.90 Å². The minimum Gasteiger partial charge on any atom is -0.371 e. The van der Waals surface area contributed by atoms with Crippen LogP contribution in [0.5, 0.6) is 0 Å². The summed E-state index contributed by atoms with van der Waals surface area (Å²) in [6, 6.07) is 7.50. The van der Waals surface area contributed by atoms with Crippen molar-refractivity contribution < 1.29 is 0 Å². The van der Waals surface area contributed by atoms with Crippen LogP contribution in [0.4, 0.5) is 5.69 Å². The first-order valence-electron chi connectivity index (χ1n) is 7.65. The maximum absolute atomic E-state index is 4.25. The lowest BCUT2D eigenvalue weighted by atomic mass is 9.92. The van der Waals surface area contributed by atoms with Crippen molar-refractivity contribution in [3.05, 3.63) is 35.9 Å². The molecule has 2 rings (SSSR count). The van der Waals surface area contributed by atoms with Gasteiger partial charge in [0.15, 0.2) is 0 Å². The highest BCUT2D eigenvalue weighted by atomic mass is 15.1. The van der Waals surface area contributed by atoms with Gasteiger partial charge in [-0.25, -0.2) is 0 Å². The fourth-order valence-electron chi connectivity index (χ4n) is 3.10. The quantitative estimate of drug-likeness (QED) is 0.717. The highest BCUT2D eigenvalue weighted by Crippen LogP contribution is 2.32. The third-order valence-corrected chi connectivity index (χ3v) is 4.46. The normalized spacial score (nSPS) is 16.4. The first-order valence-corrected chi connectivity index (χ1v) is 7.65. The van der Waals surface area contributed by atoms with Gasteiger partial charge in [-0.3, -0.25) is 0 Å². The topological polar surface area (TPSA) is 3.24 Å². The highest BCUT2D eigenvalue weighted by Gasteiger charge is 2.20. The second kappa shape index (κ2) is 6.27. The summed E-state index contributed by atoms with van der Waals surface area (Å²) in [6.07, 6.45) is 7.86. The van der Waals surface area contributed by atoms with Crippen LogP contribution in [0, 0.1) is 6.92 Å². The Bertz CT molecular complexity index is 441. The Hall–Kier alpha value is -1.24. The monoisotopic (exact) mass is 257 g/mol. The lowest BCUT2D eigenvalue weighted by molar-refractivity contribution is 0.427. The van der Waals surface area contributed by atoms with Gasteiger partial charge in [0.1, 0.15) is 0 Å². The van der Waals surface area contributed by atoms with Gasteiger partial charge in [-0.15, -0.1) is 0 Å². The zero-order chi connectivity index (χ0) is 13.8. The van der Waals surface area contributed by atoms with Crippen molar-refractivity contribution in [3.63, 3.8) is 0 Å². The number of nitrogens with zero attached hydrogens (tertiary/aromatic N) is 1. The number of anilines is 1. The van der Waals surface area contributed by atoms with Gasteiger partial charge in [-0.1, -0.05) is 44.4 Å². The standard InChI is InChI=1S/C18H27N/c1-5-15(3)17-13-14(2)11-12-18(17)19(4)16-9-7-6-8-10-16/h11-13,16H,3,5-10H2,1-2,4H3. The molecule has 0 aliphatic heterocycles. The highest BCUT2D eigenvalue weighted by molar-refractivity contribution is 5.76. The number of allylic oxidation sites excluding steroid dienone is 1. The van der Waals surface area contributed by atoms with E-state index in [1.807, 2.05) is 0 Å². The minimum absolute atomic E-state index is 0.708. The van der Waals surface area contributed by atoms with Gasteiger partial charge in [0.2, 0.25) is 0 Å². The molecule has 19 heavy (non-hydrogen) atoms. The average molecular weight is 257 g/mol. The van der Waals surface area contributed by atoms with Crippen molar-refractivity contribution in [1.29, 1.82) is 0 Å². The Kier molecular flexibility index (Phi) is 4.68. The molecule has 1 aromatic carbocycles. The van der Waals surface area contributed by atoms with Crippen LogP contribution in [-0.4, -0.2) is 13.1 Å². The molecule has 0 heterocycles. The lowest BCUT2D eigenvalue weighted by Gasteiger charge is -2.34. The minimum atomic E-state index is 0.708. The predicted molar refractivity (Wildman–Crippen MR) is 85.8 cm³/mol.